The zero-order chi connectivity index (χ0) is 10.1. The summed E-state index contributed by atoms with van der Waals surface area (Å²) in [7, 11) is 3.96. The van der Waals surface area contributed by atoms with Crippen molar-refractivity contribution >= 4 is 6.08 Å². The van der Waals surface area contributed by atoms with Crippen LogP contribution in [0.1, 0.15) is 17.2 Å². The Morgan fingerprint density at radius 2 is 1.93 bits per heavy atom. The van der Waals surface area contributed by atoms with Crippen LogP contribution in [0.2, 0.25) is 0 Å². The van der Waals surface area contributed by atoms with Crippen molar-refractivity contribution in [1.29, 1.82) is 0 Å². The lowest BCUT2D eigenvalue weighted by atomic mass is 9.91. The first-order chi connectivity index (χ1) is 6.70. The molecule has 0 fully saturated rings. The fourth-order valence-corrected chi connectivity index (χ4v) is 1.88. The quantitative estimate of drug-likeness (QED) is 0.726. The van der Waals surface area contributed by atoms with Crippen LogP contribution in [0.4, 0.5) is 0 Å². The molecule has 0 saturated heterocycles. The zero-order valence-electron chi connectivity index (χ0n) is 8.51. The number of nitrogens with zero attached hydrogens (tertiary/aromatic N) is 1. The van der Waals surface area contributed by atoms with E-state index in [1.54, 1.807) is 0 Å². The third-order valence-corrected chi connectivity index (χ3v) is 2.71. The first-order valence-electron chi connectivity index (χ1n) is 4.82. The van der Waals surface area contributed by atoms with Gasteiger partial charge in [-0.25, -0.2) is 0 Å². The Morgan fingerprint density at radius 3 is 2.64 bits per heavy atom. The molecule has 0 bridgehead atoms. The van der Waals surface area contributed by atoms with E-state index in [1.807, 2.05) is 49.3 Å². The highest BCUT2D eigenvalue weighted by atomic mass is 16.3. The van der Waals surface area contributed by atoms with Crippen molar-refractivity contribution in [3.8, 4) is 0 Å². The van der Waals surface area contributed by atoms with E-state index < -0.39 is 6.10 Å². The van der Waals surface area contributed by atoms with Gasteiger partial charge in [-0.05, 0) is 25.2 Å². The number of rotatable bonds is 1. The molecule has 0 unspecified atom stereocenters. The lowest BCUT2D eigenvalue weighted by molar-refractivity contribution is 0.0993. The molecular formula is C12H15NO. The third-order valence-electron chi connectivity index (χ3n) is 2.71. The van der Waals surface area contributed by atoms with Gasteiger partial charge < -0.3 is 10.0 Å². The highest BCUT2D eigenvalue weighted by Gasteiger charge is 2.24. The van der Waals surface area contributed by atoms with Crippen molar-refractivity contribution in [3.63, 3.8) is 0 Å². The molecule has 2 atom stereocenters. The maximum Gasteiger partial charge on any atom is 0.0986 e. The molecule has 1 aromatic rings. The topological polar surface area (TPSA) is 23.5 Å². The zero-order valence-corrected chi connectivity index (χ0v) is 8.51. The lowest BCUT2D eigenvalue weighted by Gasteiger charge is -2.30. The van der Waals surface area contributed by atoms with E-state index in [-0.39, 0.29) is 6.04 Å². The molecular weight excluding hydrogens is 174 g/mol. The Labute approximate surface area is 84.5 Å². The number of likely N-dealkylation sites (N-methyl/N-ethyl adjacent to an activating group) is 1. The minimum Gasteiger partial charge on any atom is -0.386 e. The number of aliphatic hydroxyl groups is 1. The average molecular weight is 189 g/mol. The van der Waals surface area contributed by atoms with Gasteiger partial charge in [0.05, 0.1) is 12.1 Å². The number of fused-ring (bicyclic) bond motifs is 1. The van der Waals surface area contributed by atoms with Gasteiger partial charge in [-0.1, -0.05) is 36.4 Å². The van der Waals surface area contributed by atoms with Crippen molar-refractivity contribution in [2.45, 2.75) is 12.1 Å². The summed E-state index contributed by atoms with van der Waals surface area (Å²) in [6.45, 7) is 0. The van der Waals surface area contributed by atoms with Gasteiger partial charge >= 0.3 is 0 Å². The molecule has 2 nitrogen and oxygen atoms in total. The lowest BCUT2D eigenvalue weighted by Crippen LogP contribution is -2.33. The van der Waals surface area contributed by atoms with Crippen molar-refractivity contribution in [2.24, 2.45) is 0 Å². The molecule has 0 radical (unpaired) electrons. The second-order valence-electron chi connectivity index (χ2n) is 3.89. The Balaban J connectivity index is 2.40. The van der Waals surface area contributed by atoms with Crippen LogP contribution in [0, 0.1) is 0 Å². The molecule has 14 heavy (non-hydrogen) atoms. The molecule has 0 aliphatic heterocycles. The molecule has 74 valence electrons. The summed E-state index contributed by atoms with van der Waals surface area (Å²) < 4.78 is 0. The average Bonchev–Trinajstić information content (AvgIpc) is 2.18. The second kappa shape index (κ2) is 3.56. The van der Waals surface area contributed by atoms with Gasteiger partial charge in [-0.15, -0.1) is 0 Å². The summed E-state index contributed by atoms with van der Waals surface area (Å²) in [5.41, 5.74) is 2.15. The monoisotopic (exact) mass is 189 g/mol. The smallest absolute Gasteiger partial charge is 0.0986 e. The summed E-state index contributed by atoms with van der Waals surface area (Å²) in [5, 5.41) is 10.1. The molecule has 1 aliphatic rings. The molecule has 1 aliphatic carbocycles. The van der Waals surface area contributed by atoms with Gasteiger partial charge in [0, 0.05) is 0 Å². The Morgan fingerprint density at radius 1 is 1.21 bits per heavy atom. The maximum atomic E-state index is 10.1. The molecule has 2 rings (SSSR count). The standard InChI is InChI=1S/C12H15NO/c1-13(2)11-8-7-9-5-3-4-6-10(9)12(11)14/h3-8,11-12,14H,1-2H3/t11-,12-/m0/s1. The van der Waals surface area contributed by atoms with Crippen molar-refractivity contribution in [2.75, 3.05) is 14.1 Å². The van der Waals surface area contributed by atoms with E-state index in [2.05, 4.69) is 6.08 Å². The van der Waals surface area contributed by atoms with Crippen LogP contribution in [0.25, 0.3) is 6.08 Å². The molecule has 0 heterocycles. The van der Waals surface area contributed by atoms with Gasteiger partial charge in [-0.3, -0.25) is 0 Å². The summed E-state index contributed by atoms with van der Waals surface area (Å²) in [5.74, 6) is 0. The SMILES string of the molecule is CN(C)[C@H]1C=Cc2ccccc2[C@@H]1O. The van der Waals surface area contributed by atoms with Crippen LogP contribution in [0.5, 0.6) is 0 Å². The molecule has 0 saturated carbocycles. The van der Waals surface area contributed by atoms with Gasteiger partial charge in [0.15, 0.2) is 0 Å². The van der Waals surface area contributed by atoms with Crippen LogP contribution in [0.3, 0.4) is 0 Å². The largest absolute Gasteiger partial charge is 0.386 e. The minimum absolute atomic E-state index is 0.0879. The minimum atomic E-state index is -0.411. The summed E-state index contributed by atoms with van der Waals surface area (Å²) in [6.07, 6.45) is 3.71. The predicted molar refractivity (Wildman–Crippen MR) is 57.9 cm³/mol. The number of hydrogen-bond donors (Lipinski definition) is 1. The normalized spacial score (nSPS) is 25.1. The number of hydrogen-bond acceptors (Lipinski definition) is 2. The van der Waals surface area contributed by atoms with Gasteiger partial charge in [0.2, 0.25) is 0 Å². The molecule has 1 aromatic carbocycles. The van der Waals surface area contributed by atoms with Gasteiger partial charge in [0.1, 0.15) is 0 Å². The molecule has 0 aromatic heterocycles. The first kappa shape index (κ1) is 9.44. The van der Waals surface area contributed by atoms with Crippen molar-refractivity contribution in [1.82, 2.24) is 4.90 Å². The highest BCUT2D eigenvalue weighted by Crippen LogP contribution is 2.29. The fourth-order valence-electron chi connectivity index (χ4n) is 1.88. The van der Waals surface area contributed by atoms with E-state index in [0.717, 1.165) is 11.1 Å². The Kier molecular flexibility index (Phi) is 2.40. The Hall–Kier alpha value is -1.12. The third kappa shape index (κ3) is 1.47. The van der Waals surface area contributed by atoms with Crippen LogP contribution in [-0.2, 0) is 0 Å². The maximum absolute atomic E-state index is 10.1. The van der Waals surface area contributed by atoms with E-state index in [9.17, 15) is 5.11 Å². The first-order valence-corrected chi connectivity index (χ1v) is 4.82. The Bertz CT molecular complexity index is 357. The fraction of sp³-hybridized carbons (Fsp3) is 0.333. The molecule has 2 heteroatoms. The van der Waals surface area contributed by atoms with Crippen LogP contribution in [0.15, 0.2) is 30.3 Å². The molecule has 0 spiro atoms. The van der Waals surface area contributed by atoms with Crippen molar-refractivity contribution in [3.05, 3.63) is 41.5 Å². The van der Waals surface area contributed by atoms with Gasteiger partial charge in [-0.2, -0.15) is 0 Å². The predicted octanol–water partition coefficient (Wildman–Crippen LogP) is 1.68. The summed E-state index contributed by atoms with van der Waals surface area (Å²) in [4.78, 5) is 2.02. The highest BCUT2D eigenvalue weighted by molar-refractivity contribution is 5.58. The van der Waals surface area contributed by atoms with Crippen LogP contribution >= 0.6 is 0 Å². The second-order valence-corrected chi connectivity index (χ2v) is 3.89. The van der Waals surface area contributed by atoms with Gasteiger partial charge in [0.25, 0.3) is 0 Å². The van der Waals surface area contributed by atoms with E-state index in [0.29, 0.717) is 0 Å². The van der Waals surface area contributed by atoms with Crippen molar-refractivity contribution < 1.29 is 5.11 Å². The van der Waals surface area contributed by atoms with Crippen LogP contribution in [-0.4, -0.2) is 30.1 Å². The van der Waals surface area contributed by atoms with E-state index in [4.69, 9.17) is 0 Å². The van der Waals surface area contributed by atoms with E-state index in [1.165, 1.54) is 0 Å². The number of benzene rings is 1. The van der Waals surface area contributed by atoms with Crippen LogP contribution < -0.4 is 0 Å². The molecule has 0 amide bonds. The molecule has 1 N–H and O–H groups in total. The van der Waals surface area contributed by atoms with E-state index >= 15 is 0 Å². The number of aliphatic hydroxyl groups excluding tert-OH is 1. The summed E-state index contributed by atoms with van der Waals surface area (Å²) >= 11 is 0. The summed E-state index contributed by atoms with van der Waals surface area (Å²) in [6, 6.07) is 8.06.